The molecule has 3 nitrogen and oxygen atoms in total. The van der Waals surface area contributed by atoms with E-state index in [2.05, 4.69) is 10.3 Å². The monoisotopic (exact) mass is 208 g/mol. The molecule has 1 N–H and O–H groups in total. The minimum absolute atomic E-state index is 0.00787. The van der Waals surface area contributed by atoms with Gasteiger partial charge in [0.25, 0.3) is 0 Å². The fourth-order valence-corrected chi connectivity index (χ4v) is 1.85. The summed E-state index contributed by atoms with van der Waals surface area (Å²) >= 11 is 0. The predicted molar refractivity (Wildman–Crippen MR) is 54.1 cm³/mol. The molecule has 80 valence electrons. The molecule has 0 aromatic carbocycles. The average molecular weight is 208 g/mol. The molecule has 1 aromatic rings. The molecule has 0 spiro atoms. The lowest BCUT2D eigenvalue weighted by atomic mass is 9.76. The van der Waals surface area contributed by atoms with Gasteiger partial charge in [-0.3, -0.25) is 9.78 Å². The van der Waals surface area contributed by atoms with Crippen molar-refractivity contribution < 1.29 is 9.18 Å². The number of ketones is 1. The third kappa shape index (κ3) is 2.04. The third-order valence-corrected chi connectivity index (χ3v) is 2.91. The van der Waals surface area contributed by atoms with Crippen LogP contribution in [-0.2, 0) is 0 Å². The van der Waals surface area contributed by atoms with Gasteiger partial charge >= 0.3 is 0 Å². The number of aromatic nitrogens is 1. The van der Waals surface area contributed by atoms with Gasteiger partial charge in [0.2, 0.25) is 0 Å². The number of Topliss-reactive ketones (excluding diaryl/α,β-unsaturated/α-hetero) is 1. The summed E-state index contributed by atoms with van der Waals surface area (Å²) in [6.07, 6.45) is 4.21. The van der Waals surface area contributed by atoms with E-state index < -0.39 is 5.82 Å². The molecule has 1 heterocycles. The molecule has 1 aliphatic carbocycles. The summed E-state index contributed by atoms with van der Waals surface area (Å²) < 4.78 is 12.8. The number of pyridine rings is 1. The molecule has 1 fully saturated rings. The molecule has 1 aromatic heterocycles. The summed E-state index contributed by atoms with van der Waals surface area (Å²) in [5.74, 6) is -0.412. The summed E-state index contributed by atoms with van der Waals surface area (Å²) in [4.78, 5) is 15.5. The fourth-order valence-electron chi connectivity index (χ4n) is 1.85. The predicted octanol–water partition coefficient (Wildman–Crippen LogP) is 1.40. The molecule has 0 amide bonds. The van der Waals surface area contributed by atoms with Crippen LogP contribution in [-0.4, -0.2) is 23.9 Å². The molecular weight excluding hydrogens is 195 g/mol. The molecule has 1 aliphatic rings. The van der Waals surface area contributed by atoms with E-state index in [1.807, 2.05) is 7.05 Å². The maximum absolute atomic E-state index is 12.8. The second kappa shape index (κ2) is 4.06. The Labute approximate surface area is 87.7 Å². The van der Waals surface area contributed by atoms with Gasteiger partial charge in [-0.15, -0.1) is 0 Å². The maximum atomic E-state index is 12.8. The van der Waals surface area contributed by atoms with E-state index in [4.69, 9.17) is 0 Å². The highest BCUT2D eigenvalue weighted by Gasteiger charge is 2.33. The quantitative estimate of drug-likeness (QED) is 0.763. The molecule has 1 saturated carbocycles. The summed E-state index contributed by atoms with van der Waals surface area (Å²) in [6, 6.07) is 1.68. The molecule has 4 heteroatoms. The smallest absolute Gasteiger partial charge is 0.167 e. The fraction of sp³-hybridized carbons (Fsp3) is 0.455. The Kier molecular flexibility index (Phi) is 2.77. The zero-order valence-corrected chi connectivity index (χ0v) is 8.53. The van der Waals surface area contributed by atoms with Crippen molar-refractivity contribution in [2.75, 3.05) is 7.05 Å². The molecule has 0 aliphatic heterocycles. The van der Waals surface area contributed by atoms with E-state index in [-0.39, 0.29) is 11.7 Å². The highest BCUT2D eigenvalue weighted by molar-refractivity contribution is 5.98. The van der Waals surface area contributed by atoms with E-state index in [0.717, 1.165) is 19.0 Å². The Morgan fingerprint density at radius 3 is 2.87 bits per heavy atom. The van der Waals surface area contributed by atoms with Crippen LogP contribution in [0.5, 0.6) is 0 Å². The van der Waals surface area contributed by atoms with Gasteiger partial charge in [0.15, 0.2) is 5.78 Å². The number of hydrogen-bond donors (Lipinski definition) is 1. The largest absolute Gasteiger partial charge is 0.317 e. The van der Waals surface area contributed by atoms with Crippen LogP contribution < -0.4 is 5.32 Å². The number of rotatable bonds is 3. The van der Waals surface area contributed by atoms with Crippen molar-refractivity contribution in [3.63, 3.8) is 0 Å². The van der Waals surface area contributed by atoms with Gasteiger partial charge in [-0.2, -0.15) is 0 Å². The Balaban J connectivity index is 2.03. The number of carbonyl (C=O) groups excluding carboxylic acids is 1. The maximum Gasteiger partial charge on any atom is 0.167 e. The molecule has 15 heavy (non-hydrogen) atoms. The van der Waals surface area contributed by atoms with Gasteiger partial charge in [-0.05, 0) is 26.0 Å². The van der Waals surface area contributed by atoms with Crippen LogP contribution in [0.3, 0.4) is 0 Å². The Hall–Kier alpha value is -1.29. The standard InChI is InChI=1S/C11H13FN2O/c1-13-10-3-7(4-10)11(15)8-2-9(12)6-14-5-8/h2,5-7,10,13H,3-4H2,1H3. The van der Waals surface area contributed by atoms with Gasteiger partial charge in [-0.1, -0.05) is 0 Å². The van der Waals surface area contributed by atoms with Crippen LogP contribution in [0.2, 0.25) is 0 Å². The summed E-state index contributed by atoms with van der Waals surface area (Å²) in [5.41, 5.74) is 0.384. The lowest BCUT2D eigenvalue weighted by Gasteiger charge is -2.33. The lowest BCUT2D eigenvalue weighted by Crippen LogP contribution is -2.42. The van der Waals surface area contributed by atoms with Gasteiger partial charge in [0.05, 0.1) is 6.20 Å². The number of halogens is 1. The molecule has 2 rings (SSSR count). The van der Waals surface area contributed by atoms with E-state index in [1.165, 1.54) is 12.3 Å². The minimum Gasteiger partial charge on any atom is -0.317 e. The highest BCUT2D eigenvalue weighted by Crippen LogP contribution is 2.30. The van der Waals surface area contributed by atoms with Gasteiger partial charge < -0.3 is 5.32 Å². The number of nitrogens with one attached hydrogen (secondary N) is 1. The number of carbonyl (C=O) groups is 1. The van der Waals surface area contributed by atoms with Crippen LogP contribution in [0.25, 0.3) is 0 Å². The van der Waals surface area contributed by atoms with Crippen molar-refractivity contribution in [2.45, 2.75) is 18.9 Å². The molecule has 0 unspecified atom stereocenters. The van der Waals surface area contributed by atoms with Gasteiger partial charge in [0, 0.05) is 23.7 Å². The van der Waals surface area contributed by atoms with Gasteiger partial charge in [0.1, 0.15) is 5.82 Å². The average Bonchev–Trinajstić information content (AvgIpc) is 2.16. The van der Waals surface area contributed by atoms with E-state index in [1.54, 1.807) is 0 Å². The first kappa shape index (κ1) is 10.2. The zero-order chi connectivity index (χ0) is 10.8. The van der Waals surface area contributed by atoms with Crippen LogP contribution in [0.15, 0.2) is 18.5 Å². The Bertz CT molecular complexity index is 375. The van der Waals surface area contributed by atoms with Crippen molar-refractivity contribution >= 4 is 5.78 Å². The molecule has 0 atom stereocenters. The van der Waals surface area contributed by atoms with Crippen LogP contribution in [0, 0.1) is 11.7 Å². The van der Waals surface area contributed by atoms with E-state index in [0.29, 0.717) is 11.6 Å². The molecular formula is C11H13FN2O. The molecule has 0 bridgehead atoms. The second-order valence-corrected chi connectivity index (χ2v) is 3.91. The first-order valence-corrected chi connectivity index (χ1v) is 5.02. The van der Waals surface area contributed by atoms with Gasteiger partial charge in [-0.25, -0.2) is 4.39 Å². The van der Waals surface area contributed by atoms with Crippen LogP contribution >= 0.6 is 0 Å². The highest BCUT2D eigenvalue weighted by atomic mass is 19.1. The van der Waals surface area contributed by atoms with Crippen molar-refractivity contribution in [1.29, 1.82) is 0 Å². The minimum atomic E-state index is -0.453. The first-order valence-electron chi connectivity index (χ1n) is 5.02. The van der Waals surface area contributed by atoms with E-state index >= 15 is 0 Å². The zero-order valence-electron chi connectivity index (χ0n) is 8.53. The Morgan fingerprint density at radius 2 is 2.27 bits per heavy atom. The molecule has 0 saturated heterocycles. The summed E-state index contributed by atoms with van der Waals surface area (Å²) in [5, 5.41) is 3.11. The van der Waals surface area contributed by atoms with E-state index in [9.17, 15) is 9.18 Å². The number of nitrogens with zero attached hydrogens (tertiary/aromatic N) is 1. The van der Waals surface area contributed by atoms with Crippen LogP contribution in [0.1, 0.15) is 23.2 Å². The summed E-state index contributed by atoms with van der Waals surface area (Å²) in [7, 11) is 1.88. The molecule has 0 radical (unpaired) electrons. The summed E-state index contributed by atoms with van der Waals surface area (Å²) in [6.45, 7) is 0. The van der Waals surface area contributed by atoms with Crippen molar-refractivity contribution in [3.05, 3.63) is 29.8 Å². The number of hydrogen-bond acceptors (Lipinski definition) is 3. The lowest BCUT2D eigenvalue weighted by molar-refractivity contribution is 0.0815. The topological polar surface area (TPSA) is 42.0 Å². The van der Waals surface area contributed by atoms with Crippen molar-refractivity contribution in [1.82, 2.24) is 10.3 Å². The van der Waals surface area contributed by atoms with Crippen molar-refractivity contribution in [3.8, 4) is 0 Å². The van der Waals surface area contributed by atoms with Crippen LogP contribution in [0.4, 0.5) is 4.39 Å². The third-order valence-electron chi connectivity index (χ3n) is 2.91. The second-order valence-electron chi connectivity index (χ2n) is 3.91. The SMILES string of the molecule is CNC1CC(C(=O)c2cncc(F)c2)C1. The Morgan fingerprint density at radius 1 is 1.53 bits per heavy atom. The first-order chi connectivity index (χ1) is 7.20. The van der Waals surface area contributed by atoms with Crippen molar-refractivity contribution in [2.24, 2.45) is 5.92 Å². The normalized spacial score (nSPS) is 24.7.